The average molecular weight is 320 g/mol. The maximum absolute atomic E-state index is 12.6. The van der Waals surface area contributed by atoms with Crippen LogP contribution in [-0.2, 0) is 14.3 Å². The van der Waals surface area contributed by atoms with Crippen molar-refractivity contribution in [1.29, 1.82) is 0 Å². The fraction of sp³-hybridized carbons (Fsp3) is 0.471. The third-order valence-corrected chi connectivity index (χ3v) is 3.14. The number of rotatable bonds is 7. The van der Waals surface area contributed by atoms with Crippen LogP contribution in [0.25, 0.3) is 0 Å². The monoisotopic (exact) mass is 320 g/mol. The molecule has 0 saturated carbocycles. The first-order valence-electron chi connectivity index (χ1n) is 7.57. The van der Waals surface area contributed by atoms with E-state index in [-0.39, 0.29) is 30.1 Å². The van der Waals surface area contributed by atoms with Crippen molar-refractivity contribution in [2.45, 2.75) is 27.2 Å². The number of hydrogen-bond donors (Lipinski definition) is 1. The van der Waals surface area contributed by atoms with E-state index in [2.05, 4.69) is 10.1 Å². The van der Waals surface area contributed by atoms with Gasteiger partial charge in [-0.15, -0.1) is 0 Å². The Kier molecular flexibility index (Phi) is 7.25. The largest absolute Gasteiger partial charge is 0.469 e. The molecule has 0 aliphatic rings. The molecule has 0 heterocycles. The molecule has 0 spiro atoms. The highest BCUT2D eigenvalue weighted by atomic mass is 16.5. The predicted octanol–water partition coefficient (Wildman–Crippen LogP) is 2.31. The van der Waals surface area contributed by atoms with Crippen molar-refractivity contribution in [1.82, 2.24) is 4.90 Å². The Morgan fingerprint density at radius 2 is 1.78 bits per heavy atom. The van der Waals surface area contributed by atoms with Gasteiger partial charge in [-0.25, -0.2) is 0 Å². The minimum atomic E-state index is -0.340. The Morgan fingerprint density at radius 3 is 2.26 bits per heavy atom. The summed E-state index contributed by atoms with van der Waals surface area (Å²) in [7, 11) is 1.33. The predicted molar refractivity (Wildman–Crippen MR) is 88.1 cm³/mol. The normalized spacial score (nSPS) is 10.3. The summed E-state index contributed by atoms with van der Waals surface area (Å²) in [6.07, 6.45) is 0.166. The average Bonchev–Trinajstić information content (AvgIpc) is 2.50. The Morgan fingerprint density at radius 1 is 1.17 bits per heavy atom. The van der Waals surface area contributed by atoms with E-state index in [4.69, 9.17) is 0 Å². The highest BCUT2D eigenvalue weighted by Crippen LogP contribution is 2.13. The van der Waals surface area contributed by atoms with E-state index in [1.165, 1.54) is 14.0 Å². The standard InChI is InChI=1S/C17H24N2O4/c1-12(2)11-19(10-9-16(21)23-4)17(22)14-5-7-15(8-6-14)18-13(3)20/h5-8,12H,9-11H2,1-4H3,(H,18,20). The molecular weight excluding hydrogens is 296 g/mol. The Bertz CT molecular complexity index is 552. The summed E-state index contributed by atoms with van der Waals surface area (Å²) < 4.78 is 4.63. The number of nitrogens with zero attached hydrogens (tertiary/aromatic N) is 1. The van der Waals surface area contributed by atoms with Crippen LogP contribution in [0.2, 0.25) is 0 Å². The van der Waals surface area contributed by atoms with E-state index in [0.29, 0.717) is 24.3 Å². The van der Waals surface area contributed by atoms with Crippen LogP contribution >= 0.6 is 0 Å². The Balaban J connectivity index is 2.81. The van der Waals surface area contributed by atoms with Gasteiger partial charge in [-0.1, -0.05) is 13.8 Å². The van der Waals surface area contributed by atoms with E-state index in [9.17, 15) is 14.4 Å². The maximum Gasteiger partial charge on any atom is 0.307 e. The van der Waals surface area contributed by atoms with Gasteiger partial charge >= 0.3 is 5.97 Å². The molecule has 0 aliphatic carbocycles. The van der Waals surface area contributed by atoms with E-state index < -0.39 is 0 Å². The van der Waals surface area contributed by atoms with Crippen LogP contribution in [0.5, 0.6) is 0 Å². The molecule has 1 aromatic rings. The van der Waals surface area contributed by atoms with Crippen LogP contribution < -0.4 is 5.32 Å². The molecule has 1 aromatic carbocycles. The van der Waals surface area contributed by atoms with Crippen LogP contribution in [0.4, 0.5) is 5.69 Å². The first-order valence-corrected chi connectivity index (χ1v) is 7.57. The van der Waals surface area contributed by atoms with Crippen LogP contribution in [0.15, 0.2) is 24.3 Å². The third kappa shape index (κ3) is 6.50. The van der Waals surface area contributed by atoms with Gasteiger partial charge in [-0.3, -0.25) is 14.4 Å². The third-order valence-electron chi connectivity index (χ3n) is 3.14. The van der Waals surface area contributed by atoms with Crippen LogP contribution in [0, 0.1) is 5.92 Å². The van der Waals surface area contributed by atoms with Crippen molar-refractivity contribution >= 4 is 23.5 Å². The van der Waals surface area contributed by atoms with Crippen molar-refractivity contribution in [2.24, 2.45) is 5.92 Å². The number of carbonyl (C=O) groups excluding carboxylic acids is 3. The molecule has 0 radical (unpaired) electrons. The van der Waals surface area contributed by atoms with Crippen LogP contribution in [0.3, 0.4) is 0 Å². The quantitative estimate of drug-likeness (QED) is 0.782. The fourth-order valence-corrected chi connectivity index (χ4v) is 2.13. The van der Waals surface area contributed by atoms with Gasteiger partial charge in [-0.05, 0) is 30.2 Å². The first kappa shape index (κ1) is 18.7. The SMILES string of the molecule is COC(=O)CCN(CC(C)C)C(=O)c1ccc(NC(C)=O)cc1. The summed E-state index contributed by atoms with van der Waals surface area (Å²) in [5.41, 5.74) is 1.16. The molecule has 126 valence electrons. The topological polar surface area (TPSA) is 75.7 Å². The van der Waals surface area contributed by atoms with Crippen molar-refractivity contribution in [3.8, 4) is 0 Å². The van der Waals surface area contributed by atoms with E-state index in [1.807, 2.05) is 13.8 Å². The summed E-state index contributed by atoms with van der Waals surface area (Å²) in [4.78, 5) is 36.6. The number of amides is 2. The number of esters is 1. The Labute approximate surface area is 136 Å². The van der Waals surface area contributed by atoms with Crippen LogP contribution in [-0.4, -0.2) is 42.9 Å². The van der Waals surface area contributed by atoms with Crippen LogP contribution in [0.1, 0.15) is 37.6 Å². The minimum Gasteiger partial charge on any atom is -0.469 e. The summed E-state index contributed by atoms with van der Waals surface area (Å²) in [6.45, 7) is 6.33. The van der Waals surface area contributed by atoms with E-state index in [0.717, 1.165) is 0 Å². The zero-order valence-corrected chi connectivity index (χ0v) is 14.1. The summed E-state index contributed by atoms with van der Waals surface area (Å²) >= 11 is 0. The summed E-state index contributed by atoms with van der Waals surface area (Å²) in [5, 5.41) is 2.66. The Hall–Kier alpha value is -2.37. The molecule has 1 N–H and O–H groups in total. The number of hydrogen-bond acceptors (Lipinski definition) is 4. The molecule has 0 aliphatic heterocycles. The molecule has 6 heteroatoms. The molecule has 0 unspecified atom stereocenters. The summed E-state index contributed by atoms with van der Waals surface area (Å²) in [5.74, 6) is -0.358. The van der Waals surface area contributed by atoms with E-state index >= 15 is 0 Å². The molecule has 0 aromatic heterocycles. The molecule has 2 amide bonds. The number of benzene rings is 1. The van der Waals surface area contributed by atoms with Crippen molar-refractivity contribution in [2.75, 3.05) is 25.5 Å². The second kappa shape index (κ2) is 8.92. The van der Waals surface area contributed by atoms with E-state index in [1.54, 1.807) is 29.2 Å². The van der Waals surface area contributed by atoms with Crippen molar-refractivity contribution < 1.29 is 19.1 Å². The molecule has 23 heavy (non-hydrogen) atoms. The molecule has 1 rings (SSSR count). The lowest BCUT2D eigenvalue weighted by Gasteiger charge is -2.24. The lowest BCUT2D eigenvalue weighted by Crippen LogP contribution is -2.36. The van der Waals surface area contributed by atoms with Crippen molar-refractivity contribution in [3.05, 3.63) is 29.8 Å². The van der Waals surface area contributed by atoms with Crippen molar-refractivity contribution in [3.63, 3.8) is 0 Å². The molecule has 0 bridgehead atoms. The highest BCUT2D eigenvalue weighted by Gasteiger charge is 2.18. The van der Waals surface area contributed by atoms with Gasteiger partial charge in [0.05, 0.1) is 13.5 Å². The zero-order valence-electron chi connectivity index (χ0n) is 14.1. The molecular formula is C17H24N2O4. The lowest BCUT2D eigenvalue weighted by atomic mass is 10.1. The van der Waals surface area contributed by atoms with Gasteiger partial charge in [0.1, 0.15) is 0 Å². The van der Waals surface area contributed by atoms with Gasteiger partial charge < -0.3 is 15.0 Å². The smallest absolute Gasteiger partial charge is 0.307 e. The number of methoxy groups -OCH3 is 1. The second-order valence-electron chi connectivity index (χ2n) is 5.73. The first-order chi connectivity index (χ1) is 10.8. The van der Waals surface area contributed by atoms with Gasteiger partial charge in [-0.2, -0.15) is 0 Å². The molecule has 0 saturated heterocycles. The second-order valence-corrected chi connectivity index (χ2v) is 5.73. The van der Waals surface area contributed by atoms with Gasteiger partial charge in [0.15, 0.2) is 0 Å². The number of ether oxygens (including phenoxy) is 1. The lowest BCUT2D eigenvalue weighted by molar-refractivity contribution is -0.140. The highest BCUT2D eigenvalue weighted by molar-refractivity contribution is 5.95. The molecule has 0 fully saturated rings. The fourth-order valence-electron chi connectivity index (χ4n) is 2.13. The number of carbonyl (C=O) groups is 3. The molecule has 6 nitrogen and oxygen atoms in total. The van der Waals surface area contributed by atoms with Gasteiger partial charge in [0, 0.05) is 31.3 Å². The minimum absolute atomic E-state index is 0.142. The summed E-state index contributed by atoms with van der Waals surface area (Å²) in [6, 6.07) is 6.70. The van der Waals surface area contributed by atoms with Gasteiger partial charge in [0.2, 0.25) is 5.91 Å². The van der Waals surface area contributed by atoms with Gasteiger partial charge in [0.25, 0.3) is 5.91 Å². The number of nitrogens with one attached hydrogen (secondary N) is 1. The number of anilines is 1. The zero-order chi connectivity index (χ0) is 17.4. The molecule has 0 atom stereocenters. The maximum atomic E-state index is 12.6.